The molecule has 1 saturated heterocycles. The van der Waals surface area contributed by atoms with Crippen molar-refractivity contribution >= 4 is 5.97 Å². The zero-order valence-electron chi connectivity index (χ0n) is 19.4. The van der Waals surface area contributed by atoms with Gasteiger partial charge in [0.25, 0.3) is 0 Å². The molecule has 0 saturated carbocycles. The smallest absolute Gasteiger partial charge is 0.327 e. The van der Waals surface area contributed by atoms with Crippen molar-refractivity contribution < 1.29 is 9.53 Å². The summed E-state index contributed by atoms with van der Waals surface area (Å²) in [7, 11) is 2.13. The van der Waals surface area contributed by atoms with E-state index in [9.17, 15) is 10.1 Å². The number of rotatable bonds is 6. The van der Waals surface area contributed by atoms with Crippen LogP contribution in [0.1, 0.15) is 51.7 Å². The van der Waals surface area contributed by atoms with E-state index >= 15 is 0 Å². The molecule has 0 atom stereocenters. The molecule has 1 aliphatic heterocycles. The summed E-state index contributed by atoms with van der Waals surface area (Å²) >= 11 is 0. The number of benzene rings is 2. The summed E-state index contributed by atoms with van der Waals surface area (Å²) in [6, 6.07) is 21.9. The van der Waals surface area contributed by atoms with Gasteiger partial charge in [0.05, 0.1) is 6.07 Å². The Morgan fingerprint density at radius 1 is 0.968 bits per heavy atom. The second kappa shape index (κ2) is 8.85. The molecule has 0 aromatic heterocycles. The van der Waals surface area contributed by atoms with Crippen molar-refractivity contribution in [3.63, 3.8) is 0 Å². The maximum Gasteiger partial charge on any atom is 0.327 e. The number of nitrogens with zero attached hydrogens (tertiary/aromatic N) is 2. The molecule has 0 bridgehead atoms. The Kier molecular flexibility index (Phi) is 6.57. The summed E-state index contributed by atoms with van der Waals surface area (Å²) < 4.78 is 6.12. The lowest BCUT2D eigenvalue weighted by atomic mass is 9.76. The predicted octanol–water partition coefficient (Wildman–Crippen LogP) is 5.18. The van der Waals surface area contributed by atoms with Gasteiger partial charge in [0.15, 0.2) is 5.41 Å². The van der Waals surface area contributed by atoms with Crippen molar-refractivity contribution in [1.29, 1.82) is 5.26 Å². The Balaban J connectivity index is 1.89. The molecule has 0 N–H and O–H groups in total. The lowest BCUT2D eigenvalue weighted by molar-refractivity contribution is -0.167. The monoisotopic (exact) mass is 418 g/mol. The number of likely N-dealkylation sites (tertiary alicyclic amines) is 1. The molecule has 2 aromatic carbocycles. The second-order valence-electron chi connectivity index (χ2n) is 10.1. The molecule has 0 unspecified atom stereocenters. The Morgan fingerprint density at radius 2 is 1.39 bits per heavy atom. The van der Waals surface area contributed by atoms with E-state index in [-0.39, 0.29) is 17.2 Å². The van der Waals surface area contributed by atoms with E-state index in [1.807, 2.05) is 60.7 Å². The van der Waals surface area contributed by atoms with Gasteiger partial charge in [-0.2, -0.15) is 5.26 Å². The third kappa shape index (κ3) is 5.17. The van der Waals surface area contributed by atoms with Crippen molar-refractivity contribution in [2.75, 3.05) is 7.05 Å². The van der Waals surface area contributed by atoms with Crippen LogP contribution in [0.2, 0.25) is 0 Å². The molecular formula is C27H34N2O2. The molecule has 164 valence electrons. The highest BCUT2D eigenvalue weighted by atomic mass is 16.5. The fourth-order valence-corrected chi connectivity index (χ4v) is 4.85. The summed E-state index contributed by atoms with van der Waals surface area (Å²) in [5.74, 6) is -0.413. The van der Waals surface area contributed by atoms with Gasteiger partial charge >= 0.3 is 5.97 Å². The van der Waals surface area contributed by atoms with E-state index in [0.717, 1.165) is 24.0 Å². The quantitative estimate of drug-likeness (QED) is 0.607. The Morgan fingerprint density at radius 3 is 1.77 bits per heavy atom. The number of hydrogen-bond acceptors (Lipinski definition) is 4. The van der Waals surface area contributed by atoms with Crippen molar-refractivity contribution in [3.05, 3.63) is 71.8 Å². The minimum atomic E-state index is -1.26. The van der Waals surface area contributed by atoms with Crippen molar-refractivity contribution in [3.8, 4) is 6.07 Å². The standard InChI is InChI=1S/C27H34N2O2/c1-25(2)18-23(19-26(3,4)29(25)5)31-24(30)27(20-28,16-21-12-8-6-9-13-21)17-22-14-10-7-11-15-22/h6-15,23H,16-19H2,1-5H3. The first kappa shape index (κ1) is 23.0. The van der Waals surface area contributed by atoms with Gasteiger partial charge in [-0.15, -0.1) is 0 Å². The average molecular weight is 419 g/mol. The summed E-state index contributed by atoms with van der Waals surface area (Å²) in [4.78, 5) is 16.0. The topological polar surface area (TPSA) is 53.3 Å². The van der Waals surface area contributed by atoms with Crippen molar-refractivity contribution in [2.45, 2.75) is 70.6 Å². The number of esters is 1. The van der Waals surface area contributed by atoms with Crippen LogP contribution in [0, 0.1) is 16.7 Å². The second-order valence-corrected chi connectivity index (χ2v) is 10.1. The highest BCUT2D eigenvalue weighted by Crippen LogP contribution is 2.39. The maximum atomic E-state index is 13.6. The van der Waals surface area contributed by atoms with Crippen LogP contribution in [0.4, 0.5) is 0 Å². The number of carbonyl (C=O) groups is 1. The van der Waals surface area contributed by atoms with E-state index < -0.39 is 11.4 Å². The number of hydrogen-bond donors (Lipinski definition) is 0. The molecule has 4 heteroatoms. The minimum absolute atomic E-state index is 0.0964. The Bertz CT molecular complexity index is 869. The van der Waals surface area contributed by atoms with Gasteiger partial charge < -0.3 is 4.74 Å². The molecule has 0 spiro atoms. The number of nitriles is 1. The lowest BCUT2D eigenvalue weighted by Gasteiger charge is -2.53. The summed E-state index contributed by atoms with van der Waals surface area (Å²) in [5, 5.41) is 10.3. The third-order valence-electron chi connectivity index (χ3n) is 6.85. The molecule has 0 radical (unpaired) electrons. The number of carbonyl (C=O) groups excluding carboxylic acids is 1. The molecule has 4 nitrogen and oxygen atoms in total. The van der Waals surface area contributed by atoms with Gasteiger partial charge in [0.2, 0.25) is 0 Å². The van der Waals surface area contributed by atoms with Crippen LogP contribution in [0.5, 0.6) is 0 Å². The van der Waals surface area contributed by atoms with Gasteiger partial charge in [-0.1, -0.05) is 60.7 Å². The van der Waals surface area contributed by atoms with E-state index in [0.29, 0.717) is 12.8 Å². The SMILES string of the molecule is CN1C(C)(C)CC(OC(=O)C(C#N)(Cc2ccccc2)Cc2ccccc2)CC1(C)C. The molecule has 3 rings (SSSR count). The van der Waals surface area contributed by atoms with E-state index in [2.05, 4.69) is 45.7 Å². The van der Waals surface area contributed by atoms with Gasteiger partial charge in [-0.05, 0) is 45.9 Å². The summed E-state index contributed by atoms with van der Waals surface area (Å²) in [6.07, 6.45) is 1.94. The highest BCUT2D eigenvalue weighted by molar-refractivity contribution is 5.81. The molecule has 0 aliphatic carbocycles. The summed E-state index contributed by atoms with van der Waals surface area (Å²) in [6.45, 7) is 8.72. The molecule has 31 heavy (non-hydrogen) atoms. The fraction of sp³-hybridized carbons (Fsp3) is 0.481. The molecule has 1 fully saturated rings. The molecule has 1 aliphatic rings. The van der Waals surface area contributed by atoms with Gasteiger partial charge in [-0.3, -0.25) is 9.69 Å². The van der Waals surface area contributed by atoms with Crippen LogP contribution < -0.4 is 0 Å². The van der Waals surface area contributed by atoms with E-state index in [1.165, 1.54) is 0 Å². The molecule has 2 aromatic rings. The molecular weight excluding hydrogens is 384 g/mol. The fourth-order valence-electron chi connectivity index (χ4n) is 4.85. The Hall–Kier alpha value is -2.64. The third-order valence-corrected chi connectivity index (χ3v) is 6.85. The first-order valence-electron chi connectivity index (χ1n) is 11.0. The number of ether oxygens (including phenoxy) is 1. The zero-order valence-corrected chi connectivity index (χ0v) is 19.4. The predicted molar refractivity (Wildman–Crippen MR) is 123 cm³/mol. The highest BCUT2D eigenvalue weighted by Gasteiger charge is 2.47. The van der Waals surface area contributed by atoms with Crippen molar-refractivity contribution in [2.24, 2.45) is 5.41 Å². The first-order chi connectivity index (χ1) is 14.6. The zero-order chi connectivity index (χ0) is 22.7. The normalized spacial score (nSPS) is 18.8. The molecule has 1 heterocycles. The van der Waals surface area contributed by atoms with Crippen molar-refractivity contribution in [1.82, 2.24) is 4.90 Å². The number of piperidine rings is 1. The van der Waals surface area contributed by atoms with Crippen LogP contribution >= 0.6 is 0 Å². The van der Waals surface area contributed by atoms with E-state index in [1.54, 1.807) is 0 Å². The first-order valence-corrected chi connectivity index (χ1v) is 11.0. The maximum absolute atomic E-state index is 13.6. The van der Waals surface area contributed by atoms with Crippen LogP contribution in [0.15, 0.2) is 60.7 Å². The Labute approximate surface area is 186 Å². The van der Waals surface area contributed by atoms with Crippen LogP contribution in [0.3, 0.4) is 0 Å². The van der Waals surface area contributed by atoms with Gasteiger partial charge in [0.1, 0.15) is 6.10 Å². The van der Waals surface area contributed by atoms with E-state index in [4.69, 9.17) is 4.74 Å². The average Bonchev–Trinajstić information content (AvgIpc) is 2.72. The van der Waals surface area contributed by atoms with Crippen LogP contribution in [0.25, 0.3) is 0 Å². The summed E-state index contributed by atoms with van der Waals surface area (Å²) in [5.41, 5.74) is 0.462. The van der Waals surface area contributed by atoms with Crippen LogP contribution in [-0.2, 0) is 22.4 Å². The van der Waals surface area contributed by atoms with Gasteiger partial charge in [0, 0.05) is 36.8 Å². The van der Waals surface area contributed by atoms with Gasteiger partial charge in [-0.25, -0.2) is 0 Å². The minimum Gasteiger partial charge on any atom is -0.461 e. The van der Waals surface area contributed by atoms with Crippen LogP contribution in [-0.4, -0.2) is 35.1 Å². The largest absolute Gasteiger partial charge is 0.461 e. The lowest BCUT2D eigenvalue weighted by Crippen LogP contribution is -2.60. The molecule has 0 amide bonds.